The monoisotopic (exact) mass is 239 g/mol. The number of carboxylic acid groups (broad SMARTS) is 1. The summed E-state index contributed by atoms with van der Waals surface area (Å²) in [5.74, 6) is 0.166. The van der Waals surface area contributed by atoms with Crippen LogP contribution < -0.4 is 5.32 Å². The van der Waals surface area contributed by atoms with Crippen molar-refractivity contribution in [2.24, 2.45) is 17.8 Å². The van der Waals surface area contributed by atoms with Crippen LogP contribution in [0.15, 0.2) is 12.2 Å². The first-order valence-corrected chi connectivity index (χ1v) is 5.92. The van der Waals surface area contributed by atoms with Crippen molar-refractivity contribution in [2.45, 2.75) is 12.8 Å². The molecule has 17 heavy (non-hydrogen) atoms. The van der Waals surface area contributed by atoms with Crippen molar-refractivity contribution < 1.29 is 19.4 Å². The lowest BCUT2D eigenvalue weighted by Gasteiger charge is -2.17. The summed E-state index contributed by atoms with van der Waals surface area (Å²) in [5.41, 5.74) is 0. The highest BCUT2D eigenvalue weighted by Crippen LogP contribution is 2.43. The van der Waals surface area contributed by atoms with E-state index in [1.54, 1.807) is 0 Å². The number of hydrogen-bond acceptors (Lipinski definition) is 3. The number of carboxylic acids is 1. The van der Waals surface area contributed by atoms with Crippen LogP contribution in [-0.2, 0) is 14.3 Å². The maximum absolute atomic E-state index is 11.8. The summed E-state index contributed by atoms with van der Waals surface area (Å²) in [6, 6.07) is 0. The average Bonchev–Trinajstić information content (AvgIpc) is 2.89. The van der Waals surface area contributed by atoms with Gasteiger partial charge < -0.3 is 15.2 Å². The molecule has 0 aromatic rings. The van der Waals surface area contributed by atoms with Gasteiger partial charge in [0.05, 0.1) is 6.61 Å². The minimum atomic E-state index is -0.991. The predicted molar refractivity (Wildman–Crippen MR) is 60.3 cm³/mol. The minimum Gasteiger partial charge on any atom is -0.480 e. The molecule has 5 nitrogen and oxygen atoms in total. The van der Waals surface area contributed by atoms with Crippen LogP contribution in [0, 0.1) is 17.8 Å². The lowest BCUT2D eigenvalue weighted by Crippen LogP contribution is -2.35. The van der Waals surface area contributed by atoms with E-state index in [-0.39, 0.29) is 25.0 Å². The van der Waals surface area contributed by atoms with Gasteiger partial charge in [-0.25, -0.2) is 4.79 Å². The third-order valence-corrected chi connectivity index (χ3v) is 3.39. The molecule has 1 saturated carbocycles. The largest absolute Gasteiger partial charge is 0.480 e. The number of rotatable bonds is 6. The molecule has 2 aliphatic carbocycles. The second-order valence-corrected chi connectivity index (χ2v) is 4.62. The molecule has 3 atom stereocenters. The van der Waals surface area contributed by atoms with Crippen LogP contribution in [0.4, 0.5) is 0 Å². The smallest absolute Gasteiger partial charge is 0.329 e. The second-order valence-electron chi connectivity index (χ2n) is 4.62. The molecule has 3 unspecified atom stereocenters. The topological polar surface area (TPSA) is 75.6 Å². The molecule has 2 N–H and O–H groups in total. The van der Waals surface area contributed by atoms with Gasteiger partial charge in [0.25, 0.3) is 0 Å². The molecule has 94 valence electrons. The van der Waals surface area contributed by atoms with Gasteiger partial charge in [-0.15, -0.1) is 0 Å². The third kappa shape index (κ3) is 3.06. The first-order valence-electron chi connectivity index (χ1n) is 5.92. The van der Waals surface area contributed by atoms with Crippen LogP contribution in [-0.4, -0.2) is 36.7 Å². The standard InChI is InChI=1S/C12H17NO4/c14-11(15)7-17-4-3-13-12(16)10-6-8-1-2-9(10)5-8/h1-2,8-10H,3-7H2,(H,13,16)(H,14,15). The van der Waals surface area contributed by atoms with Crippen LogP contribution >= 0.6 is 0 Å². The van der Waals surface area contributed by atoms with E-state index in [1.807, 2.05) is 0 Å². The van der Waals surface area contributed by atoms with E-state index in [4.69, 9.17) is 9.84 Å². The Bertz CT molecular complexity index is 339. The van der Waals surface area contributed by atoms with Crippen molar-refractivity contribution in [1.29, 1.82) is 0 Å². The fourth-order valence-corrected chi connectivity index (χ4v) is 2.62. The lowest BCUT2D eigenvalue weighted by atomic mass is 9.93. The molecule has 0 heterocycles. The number of ether oxygens (including phenoxy) is 1. The van der Waals surface area contributed by atoms with Crippen molar-refractivity contribution in [3.05, 3.63) is 12.2 Å². The van der Waals surface area contributed by atoms with Gasteiger partial charge in [0.2, 0.25) is 5.91 Å². The summed E-state index contributed by atoms with van der Waals surface area (Å²) >= 11 is 0. The van der Waals surface area contributed by atoms with Gasteiger partial charge in [0.15, 0.2) is 0 Å². The number of amides is 1. The number of fused-ring (bicyclic) bond motifs is 2. The minimum absolute atomic E-state index is 0.0702. The van der Waals surface area contributed by atoms with Gasteiger partial charge in [0, 0.05) is 12.5 Å². The summed E-state index contributed by atoms with van der Waals surface area (Å²) in [6.07, 6.45) is 6.39. The molecule has 0 aromatic heterocycles. The lowest BCUT2D eigenvalue weighted by molar-refractivity contribution is -0.142. The zero-order valence-corrected chi connectivity index (χ0v) is 9.59. The predicted octanol–water partition coefficient (Wildman–Crippen LogP) is 0.416. The SMILES string of the molecule is O=C(O)COCCNC(=O)C1CC2C=CC1C2. The Labute approximate surface area is 99.8 Å². The van der Waals surface area contributed by atoms with Gasteiger partial charge in [-0.1, -0.05) is 12.2 Å². The molecule has 0 aromatic carbocycles. The van der Waals surface area contributed by atoms with E-state index in [0.29, 0.717) is 18.4 Å². The maximum Gasteiger partial charge on any atom is 0.329 e. The molecular weight excluding hydrogens is 222 g/mol. The van der Waals surface area contributed by atoms with Crippen molar-refractivity contribution in [2.75, 3.05) is 19.8 Å². The van der Waals surface area contributed by atoms with Crippen molar-refractivity contribution in [3.63, 3.8) is 0 Å². The van der Waals surface area contributed by atoms with Crippen LogP contribution in [0.1, 0.15) is 12.8 Å². The number of aliphatic carboxylic acids is 1. The Hall–Kier alpha value is -1.36. The van der Waals surface area contributed by atoms with Gasteiger partial charge in [-0.3, -0.25) is 4.79 Å². The Morgan fingerprint density at radius 2 is 2.18 bits per heavy atom. The number of carbonyl (C=O) groups excluding carboxylic acids is 1. The number of carbonyl (C=O) groups is 2. The molecule has 2 bridgehead atoms. The molecule has 0 radical (unpaired) electrons. The van der Waals surface area contributed by atoms with Gasteiger partial charge in [-0.2, -0.15) is 0 Å². The van der Waals surface area contributed by atoms with Crippen LogP contribution in [0.5, 0.6) is 0 Å². The van der Waals surface area contributed by atoms with Crippen LogP contribution in [0.25, 0.3) is 0 Å². The number of nitrogens with one attached hydrogen (secondary N) is 1. The fraction of sp³-hybridized carbons (Fsp3) is 0.667. The van der Waals surface area contributed by atoms with E-state index < -0.39 is 5.97 Å². The zero-order chi connectivity index (χ0) is 12.3. The van der Waals surface area contributed by atoms with Crippen molar-refractivity contribution in [1.82, 2.24) is 5.32 Å². The molecule has 5 heteroatoms. The Balaban J connectivity index is 1.62. The molecule has 1 amide bonds. The Morgan fingerprint density at radius 1 is 1.35 bits per heavy atom. The highest BCUT2D eigenvalue weighted by molar-refractivity contribution is 5.79. The Kier molecular flexibility index (Phi) is 3.78. The molecule has 2 aliphatic rings. The highest BCUT2D eigenvalue weighted by Gasteiger charge is 2.39. The summed E-state index contributed by atoms with van der Waals surface area (Å²) in [4.78, 5) is 22.0. The molecule has 1 fully saturated rings. The summed E-state index contributed by atoms with van der Waals surface area (Å²) in [7, 11) is 0. The normalized spacial score (nSPS) is 29.5. The molecule has 0 aliphatic heterocycles. The first-order chi connectivity index (χ1) is 8.16. The number of hydrogen-bond donors (Lipinski definition) is 2. The maximum atomic E-state index is 11.8. The van der Waals surface area contributed by atoms with Crippen LogP contribution in [0.3, 0.4) is 0 Å². The molecule has 2 rings (SSSR count). The van der Waals surface area contributed by atoms with E-state index in [1.165, 1.54) is 0 Å². The highest BCUT2D eigenvalue weighted by atomic mass is 16.5. The van der Waals surface area contributed by atoms with Crippen molar-refractivity contribution in [3.8, 4) is 0 Å². The van der Waals surface area contributed by atoms with Gasteiger partial charge >= 0.3 is 5.97 Å². The Morgan fingerprint density at radius 3 is 2.76 bits per heavy atom. The van der Waals surface area contributed by atoms with E-state index in [9.17, 15) is 9.59 Å². The van der Waals surface area contributed by atoms with E-state index >= 15 is 0 Å². The van der Waals surface area contributed by atoms with Gasteiger partial charge in [0.1, 0.15) is 6.61 Å². The van der Waals surface area contributed by atoms with Crippen molar-refractivity contribution >= 4 is 11.9 Å². The zero-order valence-electron chi connectivity index (χ0n) is 9.59. The first kappa shape index (κ1) is 12.1. The quantitative estimate of drug-likeness (QED) is 0.520. The number of allylic oxidation sites excluding steroid dienone is 2. The average molecular weight is 239 g/mol. The molecule has 0 saturated heterocycles. The molecular formula is C12H17NO4. The summed E-state index contributed by atoms with van der Waals surface area (Å²) in [5, 5.41) is 11.1. The molecule has 0 spiro atoms. The van der Waals surface area contributed by atoms with E-state index in [2.05, 4.69) is 17.5 Å². The van der Waals surface area contributed by atoms with Crippen LogP contribution in [0.2, 0.25) is 0 Å². The fourth-order valence-electron chi connectivity index (χ4n) is 2.62. The summed E-state index contributed by atoms with van der Waals surface area (Å²) in [6.45, 7) is 0.311. The third-order valence-electron chi connectivity index (χ3n) is 3.39. The second kappa shape index (κ2) is 5.31. The van der Waals surface area contributed by atoms with E-state index in [0.717, 1.165) is 12.8 Å². The summed E-state index contributed by atoms with van der Waals surface area (Å²) < 4.78 is 4.84. The van der Waals surface area contributed by atoms with Gasteiger partial charge in [-0.05, 0) is 24.7 Å².